The number of hydrogen-bond donors (Lipinski definition) is 1. The van der Waals surface area contributed by atoms with Gasteiger partial charge in [-0.1, -0.05) is 47.2 Å². The first-order valence-corrected chi connectivity index (χ1v) is 7.75. The second-order valence-corrected chi connectivity index (χ2v) is 5.17. The number of rotatable bonds is 8. The van der Waals surface area contributed by atoms with Gasteiger partial charge in [0.25, 0.3) is 0 Å². The predicted molar refractivity (Wildman–Crippen MR) is 82.4 cm³/mol. The molecule has 1 N–H and O–H groups in total. The molecule has 0 unspecified atom stereocenters. The Morgan fingerprint density at radius 2 is 2.06 bits per heavy atom. The monoisotopic (exact) mass is 361 g/mol. The number of benzene rings is 1. The van der Waals surface area contributed by atoms with Crippen LogP contribution in [0.15, 0.2) is 24.3 Å². The third kappa shape index (κ3) is 5.71. The quantitative estimate of drug-likeness (QED) is 0.439. The van der Waals surface area contributed by atoms with Crippen molar-refractivity contribution >= 4 is 28.5 Å². The molecule has 100 valence electrons. The number of carbonyl (C=O) groups excluding carboxylic acids is 1. The number of nitrogens with one attached hydrogen (secondary N) is 1. The molecule has 0 aliphatic rings. The van der Waals surface area contributed by atoms with Gasteiger partial charge in [-0.25, -0.2) is 0 Å². The van der Waals surface area contributed by atoms with E-state index in [0.29, 0.717) is 6.42 Å². The van der Waals surface area contributed by atoms with Crippen molar-refractivity contribution in [3.63, 3.8) is 0 Å². The zero-order valence-corrected chi connectivity index (χ0v) is 12.9. The van der Waals surface area contributed by atoms with Crippen LogP contribution in [0.25, 0.3) is 0 Å². The molecule has 0 aliphatic heterocycles. The first-order valence-electron chi connectivity index (χ1n) is 6.22. The van der Waals surface area contributed by atoms with E-state index in [2.05, 4.69) is 27.9 Å². The Hall–Kier alpha value is -0.780. The summed E-state index contributed by atoms with van der Waals surface area (Å²) in [6.45, 7) is 0.768. The molecular formula is C14H20INO2. The minimum absolute atomic E-state index is 0.0639. The van der Waals surface area contributed by atoms with Gasteiger partial charge in [0.15, 0.2) is 0 Å². The average Bonchev–Trinajstić information content (AvgIpc) is 2.39. The molecule has 0 saturated heterocycles. The zero-order valence-electron chi connectivity index (χ0n) is 10.7. The van der Waals surface area contributed by atoms with Crippen LogP contribution in [0, 0.1) is 0 Å². The van der Waals surface area contributed by atoms with Crippen molar-refractivity contribution in [1.82, 2.24) is 5.32 Å². The highest BCUT2D eigenvalue weighted by Gasteiger charge is 2.07. The third-order valence-electron chi connectivity index (χ3n) is 2.68. The maximum atomic E-state index is 11.7. The molecule has 0 bridgehead atoms. The largest absolute Gasteiger partial charge is 0.496 e. The number of ether oxygens (including phenoxy) is 1. The van der Waals surface area contributed by atoms with Crippen LogP contribution < -0.4 is 10.1 Å². The number of amides is 1. The third-order valence-corrected chi connectivity index (χ3v) is 3.44. The lowest BCUT2D eigenvalue weighted by Crippen LogP contribution is -2.26. The van der Waals surface area contributed by atoms with Gasteiger partial charge >= 0.3 is 0 Å². The normalized spacial score (nSPS) is 10.1. The molecule has 18 heavy (non-hydrogen) atoms. The van der Waals surface area contributed by atoms with Gasteiger partial charge in [0.1, 0.15) is 5.75 Å². The van der Waals surface area contributed by atoms with Gasteiger partial charge in [-0.3, -0.25) is 4.79 Å². The van der Waals surface area contributed by atoms with Crippen molar-refractivity contribution in [2.45, 2.75) is 25.7 Å². The molecule has 4 heteroatoms. The fourth-order valence-corrected chi connectivity index (χ4v) is 2.25. The number of hydrogen-bond acceptors (Lipinski definition) is 2. The topological polar surface area (TPSA) is 38.3 Å². The molecule has 0 spiro atoms. The minimum Gasteiger partial charge on any atom is -0.496 e. The van der Waals surface area contributed by atoms with E-state index in [9.17, 15) is 4.79 Å². The molecule has 1 aromatic rings. The van der Waals surface area contributed by atoms with E-state index in [1.165, 1.54) is 17.3 Å². The fourth-order valence-electron chi connectivity index (χ4n) is 1.71. The van der Waals surface area contributed by atoms with Gasteiger partial charge in [0.05, 0.1) is 13.5 Å². The van der Waals surface area contributed by atoms with E-state index in [-0.39, 0.29) is 5.91 Å². The molecule has 3 nitrogen and oxygen atoms in total. The maximum absolute atomic E-state index is 11.7. The fraction of sp³-hybridized carbons (Fsp3) is 0.500. The Morgan fingerprint density at radius 1 is 1.28 bits per heavy atom. The number of unbranched alkanes of at least 4 members (excludes halogenated alkanes) is 2. The van der Waals surface area contributed by atoms with E-state index >= 15 is 0 Å². The van der Waals surface area contributed by atoms with Crippen LogP contribution in [0.1, 0.15) is 24.8 Å². The standard InChI is InChI=1S/C14H20INO2/c1-18-13-8-4-3-7-12(13)11-14(17)16-10-6-2-5-9-15/h3-4,7-8H,2,5-6,9-11H2,1H3,(H,16,17). The molecule has 0 heterocycles. The molecule has 0 fully saturated rings. The lowest BCUT2D eigenvalue weighted by molar-refractivity contribution is -0.120. The first kappa shape index (κ1) is 15.3. The number of methoxy groups -OCH3 is 1. The van der Waals surface area contributed by atoms with Gasteiger partial charge in [-0.15, -0.1) is 0 Å². The van der Waals surface area contributed by atoms with E-state index < -0.39 is 0 Å². The molecular weight excluding hydrogens is 341 g/mol. The van der Waals surface area contributed by atoms with Gasteiger partial charge in [-0.05, 0) is 23.3 Å². The first-order chi connectivity index (χ1) is 8.77. The van der Waals surface area contributed by atoms with Crippen molar-refractivity contribution in [2.75, 3.05) is 18.1 Å². The van der Waals surface area contributed by atoms with Crippen molar-refractivity contribution in [3.05, 3.63) is 29.8 Å². The van der Waals surface area contributed by atoms with Gasteiger partial charge in [0.2, 0.25) is 5.91 Å². The number of halogens is 1. The van der Waals surface area contributed by atoms with Crippen molar-refractivity contribution < 1.29 is 9.53 Å². The molecule has 0 aliphatic carbocycles. The highest BCUT2D eigenvalue weighted by molar-refractivity contribution is 14.1. The van der Waals surface area contributed by atoms with Crippen LogP contribution in [-0.4, -0.2) is 24.0 Å². The van der Waals surface area contributed by atoms with Crippen LogP contribution in [0.3, 0.4) is 0 Å². The summed E-state index contributed by atoms with van der Waals surface area (Å²) in [6.07, 6.45) is 3.85. The van der Waals surface area contributed by atoms with Gasteiger partial charge < -0.3 is 10.1 Å². The van der Waals surface area contributed by atoms with Gasteiger partial charge in [0, 0.05) is 12.1 Å². The van der Waals surface area contributed by atoms with E-state index in [4.69, 9.17) is 4.74 Å². The van der Waals surface area contributed by atoms with Crippen LogP contribution >= 0.6 is 22.6 Å². The van der Waals surface area contributed by atoms with Crippen LogP contribution in [0.4, 0.5) is 0 Å². The summed E-state index contributed by atoms with van der Waals surface area (Å²) in [5, 5.41) is 2.94. The summed E-state index contributed by atoms with van der Waals surface area (Å²) < 4.78 is 6.41. The Bertz CT molecular complexity index is 369. The number of para-hydroxylation sites is 1. The minimum atomic E-state index is 0.0639. The molecule has 1 rings (SSSR count). The summed E-state index contributed by atoms with van der Waals surface area (Å²) in [5.74, 6) is 0.839. The summed E-state index contributed by atoms with van der Waals surface area (Å²) in [5.41, 5.74) is 0.935. The van der Waals surface area contributed by atoms with E-state index in [1.54, 1.807) is 7.11 Å². The average molecular weight is 361 g/mol. The Balaban J connectivity index is 2.31. The predicted octanol–water partition coefficient (Wildman–Crippen LogP) is 2.96. The Morgan fingerprint density at radius 3 is 2.78 bits per heavy atom. The molecule has 1 aromatic carbocycles. The van der Waals surface area contributed by atoms with Crippen molar-refractivity contribution in [3.8, 4) is 5.75 Å². The lowest BCUT2D eigenvalue weighted by atomic mass is 10.1. The second-order valence-electron chi connectivity index (χ2n) is 4.09. The molecule has 0 saturated carbocycles. The maximum Gasteiger partial charge on any atom is 0.224 e. The molecule has 1 amide bonds. The summed E-state index contributed by atoms with van der Waals surface area (Å²) >= 11 is 2.37. The van der Waals surface area contributed by atoms with Crippen molar-refractivity contribution in [1.29, 1.82) is 0 Å². The van der Waals surface area contributed by atoms with Crippen LogP contribution in [0.5, 0.6) is 5.75 Å². The zero-order chi connectivity index (χ0) is 13.2. The summed E-state index contributed by atoms with van der Waals surface area (Å²) in [4.78, 5) is 11.7. The molecule has 0 radical (unpaired) electrons. The highest BCUT2D eigenvalue weighted by atomic mass is 127. The molecule has 0 aromatic heterocycles. The Kier molecular flexibility index (Phi) is 7.80. The van der Waals surface area contributed by atoms with E-state index in [1.807, 2.05) is 24.3 Å². The summed E-state index contributed by atoms with van der Waals surface area (Å²) in [6, 6.07) is 7.63. The lowest BCUT2D eigenvalue weighted by Gasteiger charge is -2.08. The Labute approximate surface area is 122 Å². The summed E-state index contributed by atoms with van der Waals surface area (Å²) in [7, 11) is 1.63. The number of carbonyl (C=O) groups is 1. The number of alkyl halides is 1. The van der Waals surface area contributed by atoms with Crippen LogP contribution in [-0.2, 0) is 11.2 Å². The molecule has 0 atom stereocenters. The SMILES string of the molecule is COc1ccccc1CC(=O)NCCCCCI. The smallest absolute Gasteiger partial charge is 0.224 e. The van der Waals surface area contributed by atoms with E-state index in [0.717, 1.165) is 24.3 Å². The van der Waals surface area contributed by atoms with Gasteiger partial charge in [-0.2, -0.15) is 0 Å². The second kappa shape index (κ2) is 9.19. The van der Waals surface area contributed by atoms with Crippen LogP contribution in [0.2, 0.25) is 0 Å². The van der Waals surface area contributed by atoms with Crippen molar-refractivity contribution in [2.24, 2.45) is 0 Å². The highest BCUT2D eigenvalue weighted by Crippen LogP contribution is 2.17.